The van der Waals surface area contributed by atoms with Crippen LogP contribution in [-0.4, -0.2) is 41.6 Å². The number of rotatable bonds is 2. The largest absolute Gasteiger partial charge is 0.375 e. The summed E-state index contributed by atoms with van der Waals surface area (Å²) in [7, 11) is 0. The molecule has 2 heterocycles. The highest BCUT2D eigenvalue weighted by atomic mass is 35.5. The van der Waals surface area contributed by atoms with Gasteiger partial charge in [0.2, 0.25) is 0 Å². The van der Waals surface area contributed by atoms with Crippen molar-refractivity contribution in [1.82, 2.24) is 9.88 Å². The average Bonchev–Trinajstić information content (AvgIpc) is 2.41. The quantitative estimate of drug-likeness (QED) is 0.786. The fraction of sp³-hybridized carbons (Fsp3) is 0.500. The van der Waals surface area contributed by atoms with E-state index in [4.69, 9.17) is 27.9 Å². The van der Waals surface area contributed by atoms with E-state index in [9.17, 15) is 4.79 Å². The van der Waals surface area contributed by atoms with Gasteiger partial charge < -0.3 is 9.64 Å². The lowest BCUT2D eigenvalue weighted by Gasteiger charge is -2.32. The Bertz CT molecular complexity index is 454. The summed E-state index contributed by atoms with van der Waals surface area (Å²) in [4.78, 5) is 18.0. The zero-order valence-electron chi connectivity index (χ0n) is 10.0. The van der Waals surface area contributed by atoms with Gasteiger partial charge in [-0.25, -0.2) is 4.98 Å². The number of carbonyl (C=O) groups is 1. The third-order valence-electron chi connectivity index (χ3n) is 2.90. The van der Waals surface area contributed by atoms with Crippen molar-refractivity contribution in [2.45, 2.75) is 19.4 Å². The molecule has 1 saturated heterocycles. The first kappa shape index (κ1) is 13.6. The number of aromatic nitrogens is 1. The van der Waals surface area contributed by atoms with Crippen molar-refractivity contribution >= 4 is 29.1 Å². The van der Waals surface area contributed by atoms with Gasteiger partial charge in [-0.05, 0) is 18.6 Å². The van der Waals surface area contributed by atoms with Crippen LogP contribution in [0.1, 0.15) is 23.8 Å². The standard InChI is InChI=1S/C12H14Cl2N2O2/c1-2-8-7-16(5-6-18-8)12(17)11-9(13)3-4-10(14)15-11/h3-4,8H,2,5-7H2,1H3. The third kappa shape index (κ3) is 2.94. The van der Waals surface area contributed by atoms with Gasteiger partial charge in [-0.2, -0.15) is 0 Å². The van der Waals surface area contributed by atoms with Gasteiger partial charge in [-0.1, -0.05) is 30.1 Å². The first-order valence-corrected chi connectivity index (χ1v) is 6.60. The summed E-state index contributed by atoms with van der Waals surface area (Å²) in [5.74, 6) is -0.191. The van der Waals surface area contributed by atoms with Crippen molar-refractivity contribution in [3.8, 4) is 0 Å². The minimum Gasteiger partial charge on any atom is -0.375 e. The van der Waals surface area contributed by atoms with Crippen LogP contribution in [-0.2, 0) is 4.74 Å². The number of hydrogen-bond donors (Lipinski definition) is 0. The predicted octanol–water partition coefficient (Wildman–Crippen LogP) is 2.64. The number of nitrogens with zero attached hydrogens (tertiary/aromatic N) is 2. The predicted molar refractivity (Wildman–Crippen MR) is 70.2 cm³/mol. The molecule has 2 rings (SSSR count). The van der Waals surface area contributed by atoms with E-state index in [1.807, 2.05) is 6.92 Å². The van der Waals surface area contributed by atoms with Gasteiger partial charge in [0, 0.05) is 13.1 Å². The Morgan fingerprint density at radius 3 is 3.06 bits per heavy atom. The van der Waals surface area contributed by atoms with E-state index >= 15 is 0 Å². The number of hydrogen-bond acceptors (Lipinski definition) is 3. The molecule has 0 N–H and O–H groups in total. The van der Waals surface area contributed by atoms with Gasteiger partial charge in [-0.3, -0.25) is 4.79 Å². The van der Waals surface area contributed by atoms with Gasteiger partial charge in [0.15, 0.2) is 0 Å². The number of ether oxygens (including phenoxy) is 1. The Morgan fingerprint density at radius 1 is 1.56 bits per heavy atom. The van der Waals surface area contributed by atoms with E-state index < -0.39 is 0 Å². The molecule has 1 amide bonds. The molecule has 1 aliphatic rings. The first-order valence-electron chi connectivity index (χ1n) is 5.84. The van der Waals surface area contributed by atoms with E-state index in [0.29, 0.717) is 24.7 Å². The van der Waals surface area contributed by atoms with Crippen molar-refractivity contribution in [2.24, 2.45) is 0 Å². The molecule has 4 nitrogen and oxygen atoms in total. The molecule has 0 bridgehead atoms. The molecule has 6 heteroatoms. The van der Waals surface area contributed by atoms with Crippen LogP contribution in [0, 0.1) is 0 Å². The normalized spacial score (nSPS) is 19.9. The van der Waals surface area contributed by atoms with Crippen LogP contribution in [0.3, 0.4) is 0 Å². The summed E-state index contributed by atoms with van der Waals surface area (Å²) in [6.45, 7) is 3.70. The molecular formula is C12H14Cl2N2O2. The van der Waals surface area contributed by atoms with Gasteiger partial charge in [0.05, 0.1) is 17.7 Å². The molecule has 1 fully saturated rings. The highest BCUT2D eigenvalue weighted by Gasteiger charge is 2.26. The lowest BCUT2D eigenvalue weighted by Crippen LogP contribution is -2.45. The second kappa shape index (κ2) is 5.87. The lowest BCUT2D eigenvalue weighted by molar-refractivity contribution is -0.0228. The maximum Gasteiger partial charge on any atom is 0.274 e. The van der Waals surface area contributed by atoms with Crippen LogP contribution >= 0.6 is 23.2 Å². The first-order chi connectivity index (χ1) is 8.61. The minimum atomic E-state index is -0.191. The summed E-state index contributed by atoms with van der Waals surface area (Å²) in [5.41, 5.74) is 0.209. The minimum absolute atomic E-state index is 0.0839. The number of pyridine rings is 1. The van der Waals surface area contributed by atoms with Gasteiger partial charge in [0.25, 0.3) is 5.91 Å². The monoisotopic (exact) mass is 288 g/mol. The Balaban J connectivity index is 2.17. The van der Waals surface area contributed by atoms with Crippen molar-refractivity contribution in [1.29, 1.82) is 0 Å². The van der Waals surface area contributed by atoms with Crippen molar-refractivity contribution < 1.29 is 9.53 Å². The van der Waals surface area contributed by atoms with Crippen LogP contribution in [0.5, 0.6) is 0 Å². The lowest BCUT2D eigenvalue weighted by atomic mass is 10.2. The molecule has 1 aromatic rings. The van der Waals surface area contributed by atoms with Gasteiger partial charge in [0.1, 0.15) is 10.8 Å². The van der Waals surface area contributed by atoms with Crippen LogP contribution in [0.2, 0.25) is 10.2 Å². The molecule has 1 aromatic heterocycles. The Hall–Kier alpha value is -0.840. The Kier molecular flexibility index (Phi) is 4.43. The van der Waals surface area contributed by atoms with E-state index in [0.717, 1.165) is 6.42 Å². The third-order valence-corrected chi connectivity index (χ3v) is 3.41. The molecule has 1 unspecified atom stereocenters. The number of amides is 1. The van der Waals surface area contributed by atoms with Crippen molar-refractivity contribution in [2.75, 3.05) is 19.7 Å². The molecule has 0 aromatic carbocycles. The topological polar surface area (TPSA) is 42.4 Å². The van der Waals surface area contributed by atoms with Crippen LogP contribution < -0.4 is 0 Å². The Labute approximate surface area is 116 Å². The molecule has 0 saturated carbocycles. The van der Waals surface area contributed by atoms with Gasteiger partial charge in [-0.15, -0.1) is 0 Å². The maximum absolute atomic E-state index is 12.3. The van der Waals surface area contributed by atoms with Crippen LogP contribution in [0.4, 0.5) is 0 Å². The molecular weight excluding hydrogens is 275 g/mol. The van der Waals surface area contributed by atoms with Crippen molar-refractivity contribution in [3.05, 3.63) is 28.0 Å². The van der Waals surface area contributed by atoms with Gasteiger partial charge >= 0.3 is 0 Å². The van der Waals surface area contributed by atoms with Crippen molar-refractivity contribution in [3.63, 3.8) is 0 Å². The summed E-state index contributed by atoms with van der Waals surface area (Å²) >= 11 is 11.8. The summed E-state index contributed by atoms with van der Waals surface area (Å²) in [6, 6.07) is 3.15. The van der Waals surface area contributed by atoms with Crippen LogP contribution in [0.15, 0.2) is 12.1 Å². The number of halogens is 2. The molecule has 1 atom stereocenters. The van der Waals surface area contributed by atoms with E-state index in [-0.39, 0.29) is 22.9 Å². The highest BCUT2D eigenvalue weighted by molar-refractivity contribution is 6.34. The van der Waals surface area contributed by atoms with E-state index in [1.54, 1.807) is 17.0 Å². The highest BCUT2D eigenvalue weighted by Crippen LogP contribution is 2.20. The second-order valence-corrected chi connectivity index (χ2v) is 4.91. The summed E-state index contributed by atoms with van der Waals surface area (Å²) in [6.07, 6.45) is 0.959. The molecule has 18 heavy (non-hydrogen) atoms. The maximum atomic E-state index is 12.3. The molecule has 0 radical (unpaired) electrons. The zero-order valence-corrected chi connectivity index (χ0v) is 11.5. The smallest absolute Gasteiger partial charge is 0.274 e. The molecule has 0 spiro atoms. The number of morpholine rings is 1. The average molecular weight is 289 g/mol. The summed E-state index contributed by atoms with van der Waals surface area (Å²) < 4.78 is 5.52. The molecule has 0 aliphatic carbocycles. The zero-order chi connectivity index (χ0) is 13.1. The number of carbonyl (C=O) groups excluding carboxylic acids is 1. The summed E-state index contributed by atoms with van der Waals surface area (Å²) in [5, 5.41) is 0.590. The van der Waals surface area contributed by atoms with Crippen LogP contribution in [0.25, 0.3) is 0 Å². The second-order valence-electron chi connectivity index (χ2n) is 4.12. The Morgan fingerprint density at radius 2 is 2.33 bits per heavy atom. The SMILES string of the molecule is CCC1CN(C(=O)c2nc(Cl)ccc2Cl)CCO1. The molecule has 1 aliphatic heterocycles. The fourth-order valence-corrected chi connectivity index (χ4v) is 2.20. The van der Waals surface area contributed by atoms with E-state index in [2.05, 4.69) is 4.98 Å². The molecule has 98 valence electrons. The fourth-order valence-electron chi connectivity index (χ4n) is 1.87. The van der Waals surface area contributed by atoms with E-state index in [1.165, 1.54) is 0 Å².